The summed E-state index contributed by atoms with van der Waals surface area (Å²) in [6.45, 7) is 4.80. The summed E-state index contributed by atoms with van der Waals surface area (Å²) in [6.07, 6.45) is -0.966. The highest BCUT2D eigenvalue weighted by Gasteiger charge is 2.53. The van der Waals surface area contributed by atoms with Crippen molar-refractivity contribution in [3.05, 3.63) is 58.0 Å². The van der Waals surface area contributed by atoms with Crippen LogP contribution in [-0.2, 0) is 26.1 Å². The van der Waals surface area contributed by atoms with Gasteiger partial charge < -0.3 is 18.6 Å². The summed E-state index contributed by atoms with van der Waals surface area (Å²) in [4.78, 5) is 32.1. The van der Waals surface area contributed by atoms with Crippen molar-refractivity contribution >= 4 is 5.91 Å². The normalized spacial score (nSPS) is 22.6. The molecule has 0 saturated heterocycles. The van der Waals surface area contributed by atoms with E-state index in [1.807, 2.05) is 6.92 Å². The molecule has 34 heavy (non-hydrogen) atoms. The van der Waals surface area contributed by atoms with E-state index in [-0.39, 0.29) is 55.7 Å². The molecule has 0 saturated carbocycles. The quantitative estimate of drug-likeness (QED) is 0.581. The van der Waals surface area contributed by atoms with Gasteiger partial charge in [0.25, 0.3) is 11.5 Å². The second-order valence-corrected chi connectivity index (χ2v) is 9.40. The van der Waals surface area contributed by atoms with Gasteiger partial charge in [0.2, 0.25) is 0 Å². The Bertz CT molecular complexity index is 1340. The lowest BCUT2D eigenvalue weighted by Gasteiger charge is -2.38. The summed E-state index contributed by atoms with van der Waals surface area (Å²) in [5, 5.41) is 8.18. The number of carbonyl (C=O) groups is 1. The first-order valence-electron chi connectivity index (χ1n) is 11.0. The van der Waals surface area contributed by atoms with E-state index in [0.29, 0.717) is 17.3 Å². The van der Waals surface area contributed by atoms with Crippen molar-refractivity contribution in [3.8, 4) is 5.69 Å². The molecule has 0 fully saturated rings. The van der Waals surface area contributed by atoms with Gasteiger partial charge in [0, 0.05) is 31.7 Å². The zero-order valence-electron chi connectivity index (χ0n) is 19.0. The number of aromatic nitrogens is 6. The van der Waals surface area contributed by atoms with E-state index >= 15 is 0 Å². The summed E-state index contributed by atoms with van der Waals surface area (Å²) in [5.74, 6) is 0.424. The Labute approximate surface area is 192 Å². The van der Waals surface area contributed by atoms with Crippen molar-refractivity contribution in [2.45, 2.75) is 65.5 Å². The van der Waals surface area contributed by atoms with Crippen molar-refractivity contribution < 1.29 is 18.0 Å². The molecule has 0 bridgehead atoms. The molecule has 180 valence electrons. The molecule has 1 unspecified atom stereocenters. The minimum Gasteiger partial charge on any atom is -0.325 e. The zero-order chi connectivity index (χ0) is 24.4. The smallest absolute Gasteiger partial charge is 0.325 e. The lowest BCUT2D eigenvalue weighted by Crippen LogP contribution is -2.50. The topological polar surface area (TPSA) is 90.8 Å². The molecule has 9 nitrogen and oxygen atoms in total. The van der Waals surface area contributed by atoms with E-state index < -0.39 is 11.6 Å². The van der Waals surface area contributed by atoms with Crippen LogP contribution in [0.4, 0.5) is 13.2 Å². The number of rotatable bonds is 3. The summed E-state index contributed by atoms with van der Waals surface area (Å²) in [5.41, 5.74) is -0.819. The molecule has 5 heterocycles. The van der Waals surface area contributed by atoms with Crippen LogP contribution in [0.1, 0.15) is 48.1 Å². The van der Waals surface area contributed by atoms with E-state index in [0.717, 1.165) is 5.69 Å². The number of carbonyl (C=O) groups excluding carboxylic acids is 1. The van der Waals surface area contributed by atoms with Crippen LogP contribution in [0.5, 0.6) is 0 Å². The second kappa shape index (κ2) is 7.54. The van der Waals surface area contributed by atoms with Crippen LogP contribution >= 0.6 is 0 Å². The number of amides is 1. The van der Waals surface area contributed by atoms with Gasteiger partial charge in [0.15, 0.2) is 5.82 Å². The molecule has 5 rings (SSSR count). The number of halogens is 3. The van der Waals surface area contributed by atoms with Crippen molar-refractivity contribution in [1.82, 2.24) is 33.8 Å². The number of hydrogen-bond donors (Lipinski definition) is 0. The summed E-state index contributed by atoms with van der Waals surface area (Å²) >= 11 is 0. The van der Waals surface area contributed by atoms with Gasteiger partial charge in [-0.05, 0) is 39.3 Å². The molecule has 0 aliphatic carbocycles. The molecule has 0 spiro atoms. The fraction of sp³-hybridized carbons (Fsp3) is 0.500. The summed E-state index contributed by atoms with van der Waals surface area (Å²) < 4.78 is 45.5. The van der Waals surface area contributed by atoms with Crippen LogP contribution in [0.25, 0.3) is 5.69 Å². The van der Waals surface area contributed by atoms with Gasteiger partial charge >= 0.3 is 6.18 Å². The Balaban J connectivity index is 1.45. The third-order valence-electron chi connectivity index (χ3n) is 6.91. The van der Waals surface area contributed by atoms with Gasteiger partial charge in [-0.15, -0.1) is 10.2 Å². The fourth-order valence-corrected chi connectivity index (χ4v) is 4.68. The van der Waals surface area contributed by atoms with Crippen LogP contribution in [0, 0.1) is 12.3 Å². The Kier molecular flexibility index (Phi) is 4.96. The number of alkyl halides is 3. The Morgan fingerprint density at radius 2 is 1.94 bits per heavy atom. The number of pyridine rings is 1. The largest absolute Gasteiger partial charge is 0.395 e. The maximum absolute atomic E-state index is 13.6. The number of aryl methyl sites for hydroxylation is 2. The van der Waals surface area contributed by atoms with Crippen LogP contribution in [-0.4, -0.2) is 51.9 Å². The highest BCUT2D eigenvalue weighted by molar-refractivity contribution is 5.93. The maximum Gasteiger partial charge on any atom is 0.395 e. The van der Waals surface area contributed by atoms with Gasteiger partial charge in [-0.3, -0.25) is 9.59 Å². The average molecular weight is 475 g/mol. The summed E-state index contributed by atoms with van der Waals surface area (Å²) in [6, 6.07) is 2.80. The van der Waals surface area contributed by atoms with Crippen LogP contribution in [0.2, 0.25) is 0 Å². The molecule has 0 aromatic carbocycles. The van der Waals surface area contributed by atoms with Gasteiger partial charge in [-0.25, -0.2) is 4.98 Å². The third-order valence-corrected chi connectivity index (χ3v) is 6.91. The van der Waals surface area contributed by atoms with Crippen molar-refractivity contribution in [2.75, 3.05) is 0 Å². The van der Waals surface area contributed by atoms with Gasteiger partial charge in [0.1, 0.15) is 17.2 Å². The van der Waals surface area contributed by atoms with E-state index in [1.54, 1.807) is 36.1 Å². The third kappa shape index (κ3) is 3.43. The molecule has 0 radical (unpaired) electrons. The minimum atomic E-state index is -4.36. The number of hydrogen-bond acceptors (Lipinski definition) is 5. The Morgan fingerprint density at radius 1 is 1.18 bits per heavy atom. The highest BCUT2D eigenvalue weighted by atomic mass is 19.4. The molecule has 2 aliphatic rings. The average Bonchev–Trinajstić information content (AvgIpc) is 3.37. The molecule has 2 aliphatic heterocycles. The zero-order valence-corrected chi connectivity index (χ0v) is 19.0. The molecule has 3 aromatic rings. The number of imidazole rings is 1. The van der Waals surface area contributed by atoms with E-state index in [4.69, 9.17) is 0 Å². The lowest BCUT2D eigenvalue weighted by atomic mass is 9.82. The monoisotopic (exact) mass is 475 g/mol. The van der Waals surface area contributed by atoms with Gasteiger partial charge in [0.05, 0.1) is 24.0 Å². The molecule has 0 N–H and O–H groups in total. The minimum absolute atomic E-state index is 0.0115. The van der Waals surface area contributed by atoms with Gasteiger partial charge in [-0.1, -0.05) is 0 Å². The van der Waals surface area contributed by atoms with Crippen molar-refractivity contribution in [2.24, 2.45) is 5.41 Å². The van der Waals surface area contributed by atoms with Crippen molar-refractivity contribution in [3.63, 3.8) is 0 Å². The van der Waals surface area contributed by atoms with Crippen LogP contribution in [0.3, 0.4) is 0 Å². The molecular weight excluding hydrogens is 451 g/mol. The van der Waals surface area contributed by atoms with E-state index in [2.05, 4.69) is 15.2 Å². The fourth-order valence-electron chi connectivity index (χ4n) is 4.68. The van der Waals surface area contributed by atoms with E-state index in [1.165, 1.54) is 21.0 Å². The van der Waals surface area contributed by atoms with Crippen LogP contribution in [0.15, 0.2) is 29.5 Å². The highest BCUT2D eigenvalue weighted by Crippen LogP contribution is 2.45. The summed E-state index contributed by atoms with van der Waals surface area (Å²) in [7, 11) is 0. The Hall–Kier alpha value is -3.44. The maximum atomic E-state index is 13.6. The molecule has 2 atom stereocenters. The second-order valence-electron chi connectivity index (χ2n) is 9.40. The van der Waals surface area contributed by atoms with Gasteiger partial charge in [-0.2, -0.15) is 13.2 Å². The van der Waals surface area contributed by atoms with Crippen molar-refractivity contribution in [1.29, 1.82) is 0 Å². The SMILES string of the molecule is Cc1cn(-c2ccc3n(c2=O)CC(C)N(Cc2nnc4n2C[C@](C)(C(F)(F)F)CC4)C3=O)cn1. The Morgan fingerprint density at radius 3 is 2.62 bits per heavy atom. The molecular formula is C22H24F3N7O2. The lowest BCUT2D eigenvalue weighted by molar-refractivity contribution is -0.228. The first-order valence-corrected chi connectivity index (χ1v) is 11.0. The predicted octanol–water partition coefficient (Wildman–Crippen LogP) is 2.49. The molecule has 3 aromatic heterocycles. The van der Waals surface area contributed by atoms with Crippen LogP contribution < -0.4 is 5.56 Å². The first kappa shape index (κ1) is 22.4. The molecule has 12 heteroatoms. The standard InChI is InChI=1S/C22H24F3N7O2/c1-13-8-29(12-26-13)15-4-5-16-20(34)30(14(2)9-31(16)19(15)33)10-18-28-27-17-6-7-21(3,11-32(17)18)22(23,24)25/h4-5,8,12,14H,6-7,9-11H2,1-3H3/t14?,21-/m1/s1. The number of nitrogens with zero attached hydrogens (tertiary/aromatic N) is 7. The predicted molar refractivity (Wildman–Crippen MR) is 114 cm³/mol. The molecule has 1 amide bonds. The first-order chi connectivity index (χ1) is 16.0. The number of fused-ring (bicyclic) bond motifs is 2. The van der Waals surface area contributed by atoms with E-state index in [9.17, 15) is 22.8 Å².